The Morgan fingerprint density at radius 1 is 1.20 bits per heavy atom. The van der Waals surface area contributed by atoms with Crippen LogP contribution in [0.4, 0.5) is 5.69 Å². The van der Waals surface area contributed by atoms with Crippen molar-refractivity contribution in [2.45, 2.75) is 6.92 Å². The van der Waals surface area contributed by atoms with Gasteiger partial charge in [0.05, 0.1) is 0 Å². The monoisotopic (exact) mass is 129 g/mol. The molecular weight excluding hydrogens is 117 g/mol. The number of benzene rings is 1. The minimum atomic E-state index is 0. The van der Waals surface area contributed by atoms with E-state index in [0.717, 1.165) is 6.54 Å². The third-order valence-corrected chi connectivity index (χ3v) is 1.15. The molecule has 0 bridgehead atoms. The Bertz CT molecular complexity index is 162. The summed E-state index contributed by atoms with van der Waals surface area (Å²) in [5.41, 5.74) is 1.19. The maximum absolute atomic E-state index is 3.21. The molecule has 0 spiro atoms. The zero-order chi connectivity index (χ0) is 6.53. The van der Waals surface area contributed by atoms with Crippen molar-refractivity contribution in [2.75, 3.05) is 11.9 Å². The topological polar surface area (TPSA) is 12.0 Å². The minimum absolute atomic E-state index is 0. The van der Waals surface area contributed by atoms with Gasteiger partial charge in [-0.3, -0.25) is 0 Å². The fourth-order valence-corrected chi connectivity index (χ4v) is 0.760. The van der Waals surface area contributed by atoms with Gasteiger partial charge in [-0.25, -0.2) is 0 Å². The van der Waals surface area contributed by atoms with Crippen molar-refractivity contribution in [1.82, 2.24) is 0 Å². The molecule has 0 atom stereocenters. The molecule has 0 saturated carbocycles. The second kappa shape index (κ2) is 5.41. The first-order valence-corrected chi connectivity index (χ1v) is 3.22. The van der Waals surface area contributed by atoms with E-state index in [1.807, 2.05) is 18.2 Å². The maximum atomic E-state index is 3.21. The van der Waals surface area contributed by atoms with Crippen LogP contribution in [0.15, 0.2) is 30.3 Å². The van der Waals surface area contributed by atoms with Gasteiger partial charge in [0.2, 0.25) is 0 Å². The van der Waals surface area contributed by atoms with E-state index in [1.165, 1.54) is 5.69 Å². The number of nitrogens with one attached hydrogen (secondary N) is 1. The molecule has 2 heteroatoms. The van der Waals surface area contributed by atoms with E-state index in [-0.39, 0.29) is 18.9 Å². The van der Waals surface area contributed by atoms with Crippen LogP contribution in [0.5, 0.6) is 0 Å². The van der Waals surface area contributed by atoms with Crippen molar-refractivity contribution in [3.63, 3.8) is 0 Å². The second-order valence-electron chi connectivity index (χ2n) is 1.90. The molecule has 1 rings (SSSR count). The fourth-order valence-electron chi connectivity index (χ4n) is 0.760. The summed E-state index contributed by atoms with van der Waals surface area (Å²) in [5.74, 6) is 0. The van der Waals surface area contributed by atoms with Crippen LogP contribution < -0.4 is 5.32 Å². The Hall–Kier alpha value is -0.383. The van der Waals surface area contributed by atoms with Gasteiger partial charge in [-0.15, -0.1) is 0 Å². The Morgan fingerprint density at radius 3 is 2.30 bits per heavy atom. The van der Waals surface area contributed by atoms with E-state index in [4.69, 9.17) is 0 Å². The predicted octanol–water partition coefficient (Wildman–Crippen LogP) is 1.47. The first kappa shape index (κ1) is 9.62. The van der Waals surface area contributed by atoms with E-state index in [0.29, 0.717) is 0 Å². The summed E-state index contributed by atoms with van der Waals surface area (Å²) >= 11 is 0. The van der Waals surface area contributed by atoms with Crippen LogP contribution in [0.1, 0.15) is 6.92 Å². The summed E-state index contributed by atoms with van der Waals surface area (Å²) in [6.07, 6.45) is 0. The third-order valence-electron chi connectivity index (χ3n) is 1.15. The summed E-state index contributed by atoms with van der Waals surface area (Å²) < 4.78 is 0. The SMILES string of the molecule is CCNc1ccccc1.[LiH]. The van der Waals surface area contributed by atoms with Crippen LogP contribution in [-0.4, -0.2) is 25.4 Å². The molecule has 0 aromatic heterocycles. The third kappa shape index (κ3) is 2.96. The average molecular weight is 129 g/mol. The molecule has 1 aromatic carbocycles. The molecular formula is C8H12LiN. The number of para-hydroxylation sites is 1. The molecule has 10 heavy (non-hydrogen) atoms. The number of rotatable bonds is 2. The molecule has 0 heterocycles. The zero-order valence-electron chi connectivity index (χ0n) is 5.59. The molecule has 1 aromatic rings. The van der Waals surface area contributed by atoms with Crippen LogP contribution in [0.3, 0.4) is 0 Å². The number of anilines is 1. The first-order valence-electron chi connectivity index (χ1n) is 3.22. The molecule has 0 aliphatic carbocycles. The molecule has 1 nitrogen and oxygen atoms in total. The van der Waals surface area contributed by atoms with Gasteiger partial charge in [-0.1, -0.05) is 18.2 Å². The van der Waals surface area contributed by atoms with Gasteiger partial charge in [-0.2, -0.15) is 0 Å². The number of hydrogen-bond acceptors (Lipinski definition) is 1. The zero-order valence-corrected chi connectivity index (χ0v) is 5.59. The van der Waals surface area contributed by atoms with Gasteiger partial charge in [0, 0.05) is 12.2 Å². The van der Waals surface area contributed by atoms with E-state index >= 15 is 0 Å². The normalized spacial score (nSPS) is 8.10. The van der Waals surface area contributed by atoms with Gasteiger partial charge >= 0.3 is 18.9 Å². The van der Waals surface area contributed by atoms with Crippen LogP contribution in [0.2, 0.25) is 0 Å². The van der Waals surface area contributed by atoms with E-state index in [9.17, 15) is 0 Å². The van der Waals surface area contributed by atoms with Crippen LogP contribution >= 0.6 is 0 Å². The van der Waals surface area contributed by atoms with Gasteiger partial charge in [-0.05, 0) is 19.1 Å². The van der Waals surface area contributed by atoms with Crippen molar-refractivity contribution in [3.05, 3.63) is 30.3 Å². The summed E-state index contributed by atoms with van der Waals surface area (Å²) in [7, 11) is 0. The first-order chi connectivity index (χ1) is 4.43. The van der Waals surface area contributed by atoms with E-state index < -0.39 is 0 Å². The quantitative estimate of drug-likeness (QED) is 0.596. The molecule has 0 aliphatic heterocycles. The summed E-state index contributed by atoms with van der Waals surface area (Å²) in [5, 5.41) is 3.21. The Labute approximate surface area is 74.0 Å². The van der Waals surface area contributed by atoms with Crippen molar-refractivity contribution < 1.29 is 0 Å². The predicted molar refractivity (Wildman–Crippen MR) is 47.8 cm³/mol. The van der Waals surface area contributed by atoms with Crippen LogP contribution in [0, 0.1) is 0 Å². The average Bonchev–Trinajstić information content (AvgIpc) is 1.91. The van der Waals surface area contributed by atoms with Gasteiger partial charge in [0.1, 0.15) is 0 Å². The molecule has 0 unspecified atom stereocenters. The summed E-state index contributed by atoms with van der Waals surface area (Å²) in [6, 6.07) is 10.2. The Morgan fingerprint density at radius 2 is 1.80 bits per heavy atom. The molecule has 0 aliphatic rings. The number of hydrogen-bond donors (Lipinski definition) is 1. The molecule has 0 radical (unpaired) electrons. The fraction of sp³-hybridized carbons (Fsp3) is 0.250. The molecule has 0 saturated heterocycles. The van der Waals surface area contributed by atoms with Crippen molar-refractivity contribution >= 4 is 24.5 Å². The van der Waals surface area contributed by atoms with Gasteiger partial charge in [0.25, 0.3) is 0 Å². The summed E-state index contributed by atoms with van der Waals surface area (Å²) in [6.45, 7) is 3.08. The molecule has 1 N–H and O–H groups in total. The van der Waals surface area contributed by atoms with Crippen molar-refractivity contribution in [1.29, 1.82) is 0 Å². The Kier molecular flexibility index (Phi) is 5.20. The van der Waals surface area contributed by atoms with Gasteiger partial charge < -0.3 is 5.32 Å². The van der Waals surface area contributed by atoms with E-state index in [2.05, 4.69) is 24.4 Å². The molecule has 50 valence electrons. The standard InChI is InChI=1S/C8H11N.Li.H/c1-2-9-8-6-4-3-5-7-8;;/h3-7,9H,2H2,1H3;;. The molecule has 0 amide bonds. The van der Waals surface area contributed by atoms with Crippen molar-refractivity contribution in [3.8, 4) is 0 Å². The van der Waals surface area contributed by atoms with Crippen molar-refractivity contribution in [2.24, 2.45) is 0 Å². The summed E-state index contributed by atoms with van der Waals surface area (Å²) in [4.78, 5) is 0. The van der Waals surface area contributed by atoms with Crippen LogP contribution in [-0.2, 0) is 0 Å². The second-order valence-corrected chi connectivity index (χ2v) is 1.90. The van der Waals surface area contributed by atoms with Crippen LogP contribution in [0.25, 0.3) is 0 Å². The van der Waals surface area contributed by atoms with Gasteiger partial charge in [0.15, 0.2) is 0 Å². The Balaban J connectivity index is 0.000000810. The molecule has 0 fully saturated rings. The van der Waals surface area contributed by atoms with E-state index in [1.54, 1.807) is 0 Å².